The number of carbonyl (C=O) groups is 1. The molecular weight excluding hydrogens is 218 g/mol. The smallest absolute Gasteiger partial charge is 0.255 e. The zero-order chi connectivity index (χ0) is 11.8. The van der Waals surface area contributed by atoms with Gasteiger partial charge in [-0.05, 0) is 19.8 Å². The molecule has 6 heteroatoms. The van der Waals surface area contributed by atoms with E-state index in [4.69, 9.17) is 0 Å². The van der Waals surface area contributed by atoms with Crippen LogP contribution in [0.2, 0.25) is 0 Å². The van der Waals surface area contributed by atoms with Gasteiger partial charge in [-0.2, -0.15) is 0 Å². The van der Waals surface area contributed by atoms with Gasteiger partial charge in [-0.3, -0.25) is 15.1 Å². The summed E-state index contributed by atoms with van der Waals surface area (Å²) >= 11 is 0. The zero-order valence-corrected chi connectivity index (χ0v) is 9.68. The molecular formula is C11H15N5O. The number of hydrogen-bond donors (Lipinski definition) is 2. The van der Waals surface area contributed by atoms with Crippen LogP contribution >= 0.6 is 0 Å². The number of rotatable bonds is 3. The molecule has 1 aromatic heterocycles. The standard InChI is InChI=1S/C11H15N5O/c1-2-13-11-14-9(10(17)15-11)8-5-12-6-16(8)7-3-4-7/h5-7,9H,2-4H2,1H3,(H2,13,14,15,17). The third kappa shape index (κ3) is 1.79. The van der Waals surface area contributed by atoms with Crippen LogP contribution in [0, 0.1) is 0 Å². The van der Waals surface area contributed by atoms with E-state index in [0.29, 0.717) is 18.5 Å². The Labute approximate surface area is 99.1 Å². The summed E-state index contributed by atoms with van der Waals surface area (Å²) in [5.74, 6) is 0.505. The Hall–Kier alpha value is -1.85. The van der Waals surface area contributed by atoms with Crippen molar-refractivity contribution in [3.8, 4) is 0 Å². The third-order valence-corrected chi connectivity index (χ3v) is 3.03. The summed E-state index contributed by atoms with van der Waals surface area (Å²) < 4.78 is 2.09. The van der Waals surface area contributed by atoms with E-state index >= 15 is 0 Å². The minimum Gasteiger partial charge on any atom is -0.339 e. The maximum Gasteiger partial charge on any atom is 0.255 e. The van der Waals surface area contributed by atoms with E-state index in [-0.39, 0.29) is 11.9 Å². The van der Waals surface area contributed by atoms with Gasteiger partial charge < -0.3 is 9.88 Å². The summed E-state index contributed by atoms with van der Waals surface area (Å²) in [4.78, 5) is 20.2. The predicted octanol–water partition coefficient (Wildman–Crippen LogP) is 0.354. The van der Waals surface area contributed by atoms with Crippen molar-refractivity contribution in [2.24, 2.45) is 4.99 Å². The highest BCUT2D eigenvalue weighted by atomic mass is 16.2. The number of nitrogens with zero attached hydrogens (tertiary/aromatic N) is 3. The van der Waals surface area contributed by atoms with Gasteiger partial charge in [0.2, 0.25) is 0 Å². The summed E-state index contributed by atoms with van der Waals surface area (Å²) in [6, 6.07) is 0.165. The molecule has 2 aliphatic rings. The summed E-state index contributed by atoms with van der Waals surface area (Å²) in [5, 5.41) is 5.83. The van der Waals surface area contributed by atoms with E-state index in [0.717, 1.165) is 5.69 Å². The summed E-state index contributed by atoms with van der Waals surface area (Å²) in [5.41, 5.74) is 0.923. The molecule has 2 N–H and O–H groups in total. The van der Waals surface area contributed by atoms with E-state index in [2.05, 4.69) is 25.2 Å². The average molecular weight is 233 g/mol. The quantitative estimate of drug-likeness (QED) is 0.791. The van der Waals surface area contributed by atoms with E-state index in [9.17, 15) is 4.79 Å². The fourth-order valence-electron chi connectivity index (χ4n) is 2.08. The maximum absolute atomic E-state index is 11.9. The number of imidazole rings is 1. The molecule has 1 aromatic rings. The van der Waals surface area contributed by atoms with Crippen LogP contribution in [0.1, 0.15) is 37.5 Å². The summed E-state index contributed by atoms with van der Waals surface area (Å²) in [6.07, 6.45) is 5.91. The molecule has 0 spiro atoms. The van der Waals surface area contributed by atoms with Crippen LogP contribution in [-0.4, -0.2) is 28.0 Å². The first-order valence-electron chi connectivity index (χ1n) is 5.93. The summed E-state index contributed by atoms with van der Waals surface area (Å²) in [7, 11) is 0. The van der Waals surface area contributed by atoms with Gasteiger partial charge in [0.05, 0.1) is 18.2 Å². The molecule has 1 amide bonds. The Morgan fingerprint density at radius 3 is 3.12 bits per heavy atom. The second kappa shape index (κ2) is 3.87. The van der Waals surface area contributed by atoms with Crippen molar-refractivity contribution in [2.75, 3.05) is 6.54 Å². The molecule has 0 radical (unpaired) electrons. The molecule has 3 rings (SSSR count). The van der Waals surface area contributed by atoms with Crippen LogP contribution in [0.5, 0.6) is 0 Å². The lowest BCUT2D eigenvalue weighted by Crippen LogP contribution is -2.25. The van der Waals surface area contributed by atoms with Crippen molar-refractivity contribution in [1.82, 2.24) is 20.2 Å². The van der Waals surface area contributed by atoms with Gasteiger partial charge in [0.15, 0.2) is 12.0 Å². The molecule has 2 heterocycles. The fraction of sp³-hybridized carbons (Fsp3) is 0.545. The second-order valence-corrected chi connectivity index (χ2v) is 4.35. The monoisotopic (exact) mass is 233 g/mol. The second-order valence-electron chi connectivity index (χ2n) is 4.35. The van der Waals surface area contributed by atoms with Crippen LogP contribution < -0.4 is 10.6 Å². The maximum atomic E-state index is 11.9. The number of carbonyl (C=O) groups excluding carboxylic acids is 1. The highest BCUT2D eigenvalue weighted by Crippen LogP contribution is 2.37. The lowest BCUT2D eigenvalue weighted by atomic mass is 10.2. The molecule has 6 nitrogen and oxygen atoms in total. The van der Waals surface area contributed by atoms with Gasteiger partial charge in [-0.15, -0.1) is 0 Å². The van der Waals surface area contributed by atoms with E-state index < -0.39 is 0 Å². The van der Waals surface area contributed by atoms with Crippen molar-refractivity contribution in [3.05, 3.63) is 18.2 Å². The van der Waals surface area contributed by atoms with Crippen LogP contribution in [-0.2, 0) is 4.79 Å². The topological polar surface area (TPSA) is 71.3 Å². The van der Waals surface area contributed by atoms with Gasteiger partial charge in [-0.25, -0.2) is 4.98 Å². The number of aromatic nitrogens is 2. The number of aliphatic imine (C=N–C) groups is 1. The Balaban J connectivity index is 1.86. The van der Waals surface area contributed by atoms with E-state index in [1.165, 1.54) is 12.8 Å². The molecule has 1 atom stereocenters. The molecule has 1 aliphatic carbocycles. The van der Waals surface area contributed by atoms with Gasteiger partial charge in [-0.1, -0.05) is 0 Å². The third-order valence-electron chi connectivity index (χ3n) is 3.03. The van der Waals surface area contributed by atoms with Gasteiger partial charge in [0, 0.05) is 12.6 Å². The molecule has 1 saturated heterocycles. The number of hydrogen-bond acceptors (Lipinski definition) is 3. The highest BCUT2D eigenvalue weighted by Gasteiger charge is 2.35. The summed E-state index contributed by atoms with van der Waals surface area (Å²) in [6.45, 7) is 2.58. The van der Waals surface area contributed by atoms with Crippen molar-refractivity contribution in [3.63, 3.8) is 0 Å². The van der Waals surface area contributed by atoms with Crippen LogP contribution in [0.15, 0.2) is 17.5 Å². The molecule has 1 aliphatic heterocycles. The van der Waals surface area contributed by atoms with Gasteiger partial charge in [0.25, 0.3) is 5.91 Å². The molecule has 1 unspecified atom stereocenters. The minimum atomic E-state index is -0.358. The van der Waals surface area contributed by atoms with Crippen molar-refractivity contribution in [1.29, 1.82) is 0 Å². The van der Waals surface area contributed by atoms with Crippen molar-refractivity contribution in [2.45, 2.75) is 31.8 Å². The number of amides is 1. The molecule has 2 fully saturated rings. The average Bonchev–Trinajstić information content (AvgIpc) is 2.92. The normalized spacial score (nSPS) is 26.1. The lowest BCUT2D eigenvalue weighted by Gasteiger charge is -2.10. The largest absolute Gasteiger partial charge is 0.339 e. The molecule has 17 heavy (non-hydrogen) atoms. The van der Waals surface area contributed by atoms with Crippen LogP contribution in [0.4, 0.5) is 0 Å². The first-order valence-corrected chi connectivity index (χ1v) is 5.93. The Morgan fingerprint density at radius 2 is 2.41 bits per heavy atom. The molecule has 90 valence electrons. The first-order chi connectivity index (χ1) is 8.29. The Bertz CT molecular complexity index is 474. The predicted molar refractivity (Wildman–Crippen MR) is 62.5 cm³/mol. The van der Waals surface area contributed by atoms with Gasteiger partial charge in [0.1, 0.15) is 0 Å². The zero-order valence-electron chi connectivity index (χ0n) is 9.68. The molecule has 0 aromatic carbocycles. The molecule has 1 saturated carbocycles. The Kier molecular flexibility index (Phi) is 2.35. The lowest BCUT2D eigenvalue weighted by molar-refractivity contribution is -0.120. The van der Waals surface area contributed by atoms with Crippen LogP contribution in [0.3, 0.4) is 0 Å². The Morgan fingerprint density at radius 1 is 1.59 bits per heavy atom. The van der Waals surface area contributed by atoms with Gasteiger partial charge >= 0.3 is 0 Å². The van der Waals surface area contributed by atoms with Crippen molar-refractivity contribution < 1.29 is 4.79 Å². The first kappa shape index (κ1) is 10.3. The minimum absolute atomic E-state index is 0.0559. The highest BCUT2D eigenvalue weighted by molar-refractivity contribution is 6.06. The van der Waals surface area contributed by atoms with E-state index in [1.54, 1.807) is 12.5 Å². The SMILES string of the molecule is CCN=C1NC(=O)C(c2cncn2C2CC2)N1. The fourth-order valence-corrected chi connectivity index (χ4v) is 2.08. The van der Waals surface area contributed by atoms with E-state index in [1.807, 2.05) is 6.92 Å². The molecule has 0 bridgehead atoms. The number of guanidine groups is 1. The number of nitrogens with one attached hydrogen (secondary N) is 2. The van der Waals surface area contributed by atoms with Crippen LogP contribution in [0.25, 0.3) is 0 Å². The van der Waals surface area contributed by atoms with Crippen molar-refractivity contribution >= 4 is 11.9 Å².